The average molecular weight is 336 g/mol. The lowest BCUT2D eigenvalue weighted by atomic mass is 10.2. The van der Waals surface area contributed by atoms with Crippen LogP contribution in [0.5, 0.6) is 0 Å². The number of oxazole rings is 1. The molecule has 0 unspecified atom stereocenters. The molecule has 1 amide bonds. The molecule has 8 heteroatoms. The van der Waals surface area contributed by atoms with E-state index in [4.69, 9.17) is 4.42 Å². The fourth-order valence-electron chi connectivity index (χ4n) is 2.57. The fourth-order valence-corrected chi connectivity index (χ4v) is 2.57. The summed E-state index contributed by atoms with van der Waals surface area (Å²) in [5.41, 5.74) is 2.06. The van der Waals surface area contributed by atoms with Crippen LogP contribution < -0.4 is 16.6 Å². The topological polar surface area (TPSA) is 109 Å². The minimum Gasteiger partial charge on any atom is -0.408 e. The maximum absolute atomic E-state index is 12.5. The molecule has 0 bridgehead atoms. The number of carbonyl (C=O) groups excluding carboxylic acids is 1. The molecule has 0 fully saturated rings. The molecule has 4 rings (SSSR count). The Morgan fingerprint density at radius 1 is 1.24 bits per heavy atom. The van der Waals surface area contributed by atoms with Gasteiger partial charge in [0.1, 0.15) is 11.2 Å². The molecule has 0 atom stereocenters. The van der Waals surface area contributed by atoms with E-state index in [0.717, 1.165) is 5.56 Å². The minimum atomic E-state index is -0.585. The summed E-state index contributed by atoms with van der Waals surface area (Å²) in [4.78, 5) is 42.8. The Bertz CT molecular complexity index is 1250. The second kappa shape index (κ2) is 5.45. The number of nitrogens with zero attached hydrogens (tertiary/aromatic N) is 2. The number of nitrogens with one attached hydrogen (secondary N) is 2. The van der Waals surface area contributed by atoms with E-state index in [-0.39, 0.29) is 5.56 Å². The third-order valence-corrected chi connectivity index (χ3v) is 3.77. The Hall–Kier alpha value is -3.68. The minimum absolute atomic E-state index is 0.0797. The van der Waals surface area contributed by atoms with Crippen molar-refractivity contribution in [2.24, 2.45) is 0 Å². The van der Waals surface area contributed by atoms with Gasteiger partial charge in [-0.25, -0.2) is 9.78 Å². The number of benzene rings is 1. The zero-order valence-corrected chi connectivity index (χ0v) is 13.1. The number of H-pyrrole nitrogens is 1. The van der Waals surface area contributed by atoms with Crippen molar-refractivity contribution in [3.63, 3.8) is 0 Å². The van der Waals surface area contributed by atoms with Crippen LogP contribution in [0.2, 0.25) is 0 Å². The van der Waals surface area contributed by atoms with Crippen molar-refractivity contribution in [3.05, 3.63) is 74.8 Å². The molecule has 0 radical (unpaired) electrons. The van der Waals surface area contributed by atoms with Gasteiger partial charge in [0.05, 0.1) is 5.52 Å². The number of anilines is 1. The van der Waals surface area contributed by atoms with Crippen molar-refractivity contribution in [2.75, 3.05) is 5.32 Å². The lowest BCUT2D eigenvalue weighted by Crippen LogP contribution is -2.26. The third kappa shape index (κ3) is 2.59. The van der Waals surface area contributed by atoms with Crippen LogP contribution in [-0.2, 0) is 0 Å². The zero-order valence-electron chi connectivity index (χ0n) is 13.1. The maximum atomic E-state index is 12.5. The van der Waals surface area contributed by atoms with Crippen LogP contribution in [-0.4, -0.2) is 20.3 Å². The molecule has 0 spiro atoms. The van der Waals surface area contributed by atoms with Crippen LogP contribution in [0, 0.1) is 6.92 Å². The largest absolute Gasteiger partial charge is 0.417 e. The van der Waals surface area contributed by atoms with Crippen molar-refractivity contribution in [1.82, 2.24) is 14.4 Å². The van der Waals surface area contributed by atoms with Crippen LogP contribution >= 0.6 is 0 Å². The highest BCUT2D eigenvalue weighted by molar-refractivity contribution is 6.04. The molecular weight excluding hydrogens is 324 g/mol. The molecule has 3 aromatic heterocycles. The van der Waals surface area contributed by atoms with Gasteiger partial charge in [-0.15, -0.1) is 0 Å². The van der Waals surface area contributed by atoms with E-state index in [1.165, 1.54) is 10.6 Å². The molecule has 25 heavy (non-hydrogen) atoms. The Morgan fingerprint density at radius 3 is 2.92 bits per heavy atom. The summed E-state index contributed by atoms with van der Waals surface area (Å²) in [5.74, 6) is -1.16. The standard InChI is InChI=1S/C17H12N4O4/c1-9-2-5-14-18-7-11(16(23)21(14)8-9)15(22)19-10-3-4-13-12(6-10)20-17(24)25-13/h2-8H,1H3,(H,19,22)(H,20,24). The van der Waals surface area contributed by atoms with E-state index in [0.29, 0.717) is 22.4 Å². The van der Waals surface area contributed by atoms with Gasteiger partial charge >= 0.3 is 5.76 Å². The van der Waals surface area contributed by atoms with Crippen molar-refractivity contribution in [1.29, 1.82) is 0 Å². The number of hydrogen-bond donors (Lipinski definition) is 2. The number of hydrogen-bond acceptors (Lipinski definition) is 5. The van der Waals surface area contributed by atoms with Crippen molar-refractivity contribution in [3.8, 4) is 0 Å². The number of carbonyl (C=O) groups is 1. The average Bonchev–Trinajstić information content (AvgIpc) is 2.95. The summed E-state index contributed by atoms with van der Waals surface area (Å²) in [5, 5.41) is 2.62. The van der Waals surface area contributed by atoms with Gasteiger partial charge in [-0.05, 0) is 36.8 Å². The first-order valence-electron chi connectivity index (χ1n) is 7.43. The van der Waals surface area contributed by atoms with Gasteiger partial charge in [0.15, 0.2) is 5.58 Å². The number of pyridine rings is 1. The van der Waals surface area contributed by atoms with Crippen LogP contribution in [0.1, 0.15) is 15.9 Å². The molecule has 0 aliphatic carbocycles. The molecule has 124 valence electrons. The summed E-state index contributed by atoms with van der Waals surface area (Å²) < 4.78 is 6.24. The Balaban J connectivity index is 1.72. The summed E-state index contributed by atoms with van der Waals surface area (Å²) in [6, 6.07) is 8.23. The second-order valence-electron chi connectivity index (χ2n) is 5.59. The van der Waals surface area contributed by atoms with Crippen LogP contribution in [0.3, 0.4) is 0 Å². The monoisotopic (exact) mass is 336 g/mol. The second-order valence-corrected chi connectivity index (χ2v) is 5.59. The predicted octanol–water partition coefficient (Wildman–Crippen LogP) is 1.69. The molecule has 1 aromatic carbocycles. The molecule has 0 saturated heterocycles. The lowest BCUT2D eigenvalue weighted by Gasteiger charge is -2.06. The Morgan fingerprint density at radius 2 is 2.08 bits per heavy atom. The van der Waals surface area contributed by atoms with Crippen molar-refractivity contribution in [2.45, 2.75) is 6.92 Å². The molecule has 8 nitrogen and oxygen atoms in total. The van der Waals surface area contributed by atoms with Gasteiger partial charge in [0.2, 0.25) is 0 Å². The quantitative estimate of drug-likeness (QED) is 0.579. The number of amides is 1. The number of rotatable bonds is 2. The normalized spacial score (nSPS) is 11.1. The van der Waals surface area contributed by atoms with Crippen LogP contribution in [0.15, 0.2) is 56.7 Å². The molecule has 0 aliphatic rings. The van der Waals surface area contributed by atoms with E-state index < -0.39 is 17.2 Å². The number of fused-ring (bicyclic) bond motifs is 2. The molecule has 3 heterocycles. The predicted molar refractivity (Wildman–Crippen MR) is 91.0 cm³/mol. The first-order valence-corrected chi connectivity index (χ1v) is 7.43. The van der Waals surface area contributed by atoms with Crippen molar-refractivity contribution >= 4 is 28.3 Å². The van der Waals surface area contributed by atoms with E-state index in [2.05, 4.69) is 15.3 Å². The Labute approximate surface area is 139 Å². The highest BCUT2D eigenvalue weighted by Crippen LogP contribution is 2.16. The van der Waals surface area contributed by atoms with Gasteiger partial charge in [-0.1, -0.05) is 6.07 Å². The van der Waals surface area contributed by atoms with E-state index in [1.54, 1.807) is 30.5 Å². The molecule has 4 aromatic rings. The smallest absolute Gasteiger partial charge is 0.408 e. The highest BCUT2D eigenvalue weighted by Gasteiger charge is 2.14. The van der Waals surface area contributed by atoms with Crippen molar-refractivity contribution < 1.29 is 9.21 Å². The first-order chi connectivity index (χ1) is 12.0. The molecule has 2 N–H and O–H groups in total. The van der Waals surface area contributed by atoms with Gasteiger partial charge in [-0.3, -0.25) is 19.0 Å². The van der Waals surface area contributed by atoms with Gasteiger partial charge < -0.3 is 9.73 Å². The zero-order chi connectivity index (χ0) is 17.6. The number of aromatic nitrogens is 3. The van der Waals surface area contributed by atoms with Gasteiger partial charge in [-0.2, -0.15) is 0 Å². The lowest BCUT2D eigenvalue weighted by molar-refractivity contribution is 0.102. The van der Waals surface area contributed by atoms with E-state index >= 15 is 0 Å². The van der Waals surface area contributed by atoms with Gasteiger partial charge in [0.25, 0.3) is 11.5 Å². The first kappa shape index (κ1) is 14.9. The van der Waals surface area contributed by atoms with Crippen LogP contribution in [0.4, 0.5) is 5.69 Å². The third-order valence-electron chi connectivity index (χ3n) is 3.77. The summed E-state index contributed by atoms with van der Waals surface area (Å²) >= 11 is 0. The number of aromatic amines is 1. The molecule has 0 saturated carbocycles. The summed E-state index contributed by atoms with van der Waals surface area (Å²) in [6.07, 6.45) is 2.88. The van der Waals surface area contributed by atoms with Gasteiger partial charge in [0, 0.05) is 18.1 Å². The van der Waals surface area contributed by atoms with E-state index in [1.807, 2.05) is 13.0 Å². The summed E-state index contributed by atoms with van der Waals surface area (Å²) in [7, 11) is 0. The number of aryl methyl sites for hydroxylation is 1. The van der Waals surface area contributed by atoms with Crippen LogP contribution in [0.25, 0.3) is 16.7 Å². The van der Waals surface area contributed by atoms with E-state index in [9.17, 15) is 14.4 Å². The molecule has 0 aliphatic heterocycles. The SMILES string of the molecule is Cc1ccc2ncc(C(=O)Nc3ccc4oc(=O)[nH]c4c3)c(=O)n2c1. The molecular formula is C17H12N4O4. The highest BCUT2D eigenvalue weighted by atomic mass is 16.4. The summed E-state index contributed by atoms with van der Waals surface area (Å²) in [6.45, 7) is 1.85. The Kier molecular flexibility index (Phi) is 3.24. The fraction of sp³-hybridized carbons (Fsp3) is 0.0588. The maximum Gasteiger partial charge on any atom is 0.417 e.